The van der Waals surface area contributed by atoms with E-state index in [0.29, 0.717) is 0 Å². The van der Waals surface area contributed by atoms with Gasteiger partial charge < -0.3 is 15.6 Å². The highest BCUT2D eigenvalue weighted by Gasteiger charge is 2.40. The third-order valence-electron chi connectivity index (χ3n) is 3.57. The maximum absolute atomic E-state index is 13.4. The molecular formula is C11H16FN3O3. The Hall–Kier alpha value is -1.47. The standard InChI is InChI=1S/C11H16FN3O3/c1-5-6(2)10(18-8(5)4-16)15-3-7(12)9(13)14-11(15)17/h3,5-6,8,10,16H,4H2,1-2H3,(H2,13,14,17)/t5-,6-,8+,10+/m0/s1. The molecule has 0 aromatic carbocycles. The summed E-state index contributed by atoms with van der Waals surface area (Å²) in [5.74, 6) is -1.16. The fourth-order valence-corrected chi connectivity index (χ4v) is 2.19. The van der Waals surface area contributed by atoms with E-state index >= 15 is 0 Å². The lowest BCUT2D eigenvalue weighted by molar-refractivity contribution is -0.0379. The minimum absolute atomic E-state index is 0.0373. The van der Waals surface area contributed by atoms with Gasteiger partial charge in [0.1, 0.15) is 6.23 Å². The Bertz CT molecular complexity index is 505. The minimum Gasteiger partial charge on any atom is -0.394 e. The number of hydrogen-bond acceptors (Lipinski definition) is 5. The normalized spacial score (nSPS) is 31.8. The van der Waals surface area contributed by atoms with Crippen LogP contribution in [-0.2, 0) is 4.74 Å². The largest absolute Gasteiger partial charge is 0.394 e. The molecule has 6 nitrogen and oxygen atoms in total. The molecule has 1 aliphatic rings. The van der Waals surface area contributed by atoms with Crippen LogP contribution < -0.4 is 11.4 Å². The Labute approximate surface area is 103 Å². The topological polar surface area (TPSA) is 90.4 Å². The molecule has 0 bridgehead atoms. The van der Waals surface area contributed by atoms with Crippen LogP contribution in [0.3, 0.4) is 0 Å². The van der Waals surface area contributed by atoms with Gasteiger partial charge in [-0.2, -0.15) is 4.98 Å². The highest BCUT2D eigenvalue weighted by Crippen LogP contribution is 2.37. The first-order valence-corrected chi connectivity index (χ1v) is 5.76. The first-order chi connectivity index (χ1) is 8.45. The second kappa shape index (κ2) is 4.66. The van der Waals surface area contributed by atoms with Crippen LogP contribution in [0.2, 0.25) is 0 Å². The number of aromatic nitrogens is 2. The maximum Gasteiger partial charge on any atom is 0.351 e. The predicted octanol–water partition coefficient (Wildman–Crippen LogP) is 0.127. The highest BCUT2D eigenvalue weighted by atomic mass is 19.1. The molecule has 0 spiro atoms. The van der Waals surface area contributed by atoms with Crippen molar-refractivity contribution in [2.45, 2.75) is 26.2 Å². The number of aliphatic hydroxyl groups is 1. The molecule has 100 valence electrons. The Morgan fingerprint density at radius 2 is 2.22 bits per heavy atom. The van der Waals surface area contributed by atoms with Crippen LogP contribution in [0, 0.1) is 17.7 Å². The van der Waals surface area contributed by atoms with Crippen LogP contribution in [0.15, 0.2) is 11.0 Å². The number of nitrogen functional groups attached to an aromatic ring is 1. The quantitative estimate of drug-likeness (QED) is 0.785. The zero-order valence-electron chi connectivity index (χ0n) is 10.2. The van der Waals surface area contributed by atoms with E-state index in [1.165, 1.54) is 0 Å². The molecule has 18 heavy (non-hydrogen) atoms. The van der Waals surface area contributed by atoms with Gasteiger partial charge in [-0.25, -0.2) is 9.18 Å². The van der Waals surface area contributed by atoms with E-state index in [4.69, 9.17) is 15.6 Å². The van der Waals surface area contributed by atoms with E-state index in [1.807, 2.05) is 13.8 Å². The summed E-state index contributed by atoms with van der Waals surface area (Å²) in [5, 5.41) is 9.16. The van der Waals surface area contributed by atoms with Crippen molar-refractivity contribution in [3.05, 3.63) is 22.5 Å². The fraction of sp³-hybridized carbons (Fsp3) is 0.636. The summed E-state index contributed by atoms with van der Waals surface area (Å²) >= 11 is 0. The number of ether oxygens (including phenoxy) is 1. The molecule has 4 atom stereocenters. The van der Waals surface area contributed by atoms with Gasteiger partial charge >= 0.3 is 5.69 Å². The molecule has 2 heterocycles. The molecule has 0 radical (unpaired) electrons. The summed E-state index contributed by atoms with van der Waals surface area (Å²) in [4.78, 5) is 15.1. The predicted molar refractivity (Wildman–Crippen MR) is 62.2 cm³/mol. The Morgan fingerprint density at radius 3 is 2.78 bits per heavy atom. The molecule has 0 amide bonds. The van der Waals surface area contributed by atoms with Gasteiger partial charge in [-0.1, -0.05) is 13.8 Å². The van der Waals surface area contributed by atoms with Crippen molar-refractivity contribution in [1.29, 1.82) is 0 Å². The average Bonchev–Trinajstić information content (AvgIpc) is 2.61. The molecule has 3 N–H and O–H groups in total. The third kappa shape index (κ3) is 1.99. The summed E-state index contributed by atoms with van der Waals surface area (Å²) < 4.78 is 20.0. The van der Waals surface area contributed by atoms with E-state index in [1.54, 1.807) is 0 Å². The summed E-state index contributed by atoms with van der Waals surface area (Å²) in [6.07, 6.45) is 0.00273. The molecule has 7 heteroatoms. The van der Waals surface area contributed by atoms with Gasteiger partial charge in [0, 0.05) is 5.92 Å². The first-order valence-electron chi connectivity index (χ1n) is 5.76. The van der Waals surface area contributed by atoms with Crippen molar-refractivity contribution in [2.24, 2.45) is 11.8 Å². The van der Waals surface area contributed by atoms with Gasteiger partial charge in [0.2, 0.25) is 0 Å². The van der Waals surface area contributed by atoms with Crippen molar-refractivity contribution in [1.82, 2.24) is 9.55 Å². The molecule has 1 saturated heterocycles. The monoisotopic (exact) mass is 257 g/mol. The molecular weight excluding hydrogens is 241 g/mol. The van der Waals surface area contributed by atoms with E-state index in [2.05, 4.69) is 4.98 Å². The second-order valence-electron chi connectivity index (χ2n) is 4.63. The van der Waals surface area contributed by atoms with Gasteiger partial charge in [0.15, 0.2) is 11.6 Å². The molecule has 1 aliphatic heterocycles. The van der Waals surface area contributed by atoms with Crippen LogP contribution in [0.25, 0.3) is 0 Å². The summed E-state index contributed by atoms with van der Waals surface area (Å²) in [6.45, 7) is 3.66. The molecule has 1 aromatic heterocycles. The fourth-order valence-electron chi connectivity index (χ4n) is 2.19. The summed E-state index contributed by atoms with van der Waals surface area (Å²) in [7, 11) is 0. The highest BCUT2D eigenvalue weighted by molar-refractivity contribution is 5.26. The van der Waals surface area contributed by atoms with Gasteiger partial charge in [0.05, 0.1) is 18.9 Å². The van der Waals surface area contributed by atoms with E-state index < -0.39 is 23.6 Å². The third-order valence-corrected chi connectivity index (χ3v) is 3.57. The minimum atomic E-state index is -0.759. The maximum atomic E-state index is 13.4. The molecule has 0 unspecified atom stereocenters. The number of nitrogens with two attached hydrogens (primary N) is 1. The molecule has 1 fully saturated rings. The van der Waals surface area contributed by atoms with Crippen molar-refractivity contribution >= 4 is 5.82 Å². The van der Waals surface area contributed by atoms with Crippen LogP contribution >= 0.6 is 0 Å². The van der Waals surface area contributed by atoms with Crippen LogP contribution in [0.1, 0.15) is 20.1 Å². The zero-order valence-corrected chi connectivity index (χ0v) is 10.2. The van der Waals surface area contributed by atoms with E-state index in [9.17, 15) is 9.18 Å². The average molecular weight is 257 g/mol. The number of aliphatic hydroxyl groups excluding tert-OH is 1. The number of rotatable bonds is 2. The lowest BCUT2D eigenvalue weighted by Crippen LogP contribution is -2.30. The summed E-state index contributed by atoms with van der Waals surface area (Å²) in [6, 6.07) is 0. The van der Waals surface area contributed by atoms with Crippen LogP contribution in [-0.4, -0.2) is 27.4 Å². The van der Waals surface area contributed by atoms with Crippen molar-refractivity contribution < 1.29 is 14.2 Å². The Kier molecular flexibility index (Phi) is 3.36. The molecule has 1 aromatic rings. The van der Waals surface area contributed by atoms with Gasteiger partial charge in [-0.05, 0) is 5.92 Å². The Morgan fingerprint density at radius 1 is 1.56 bits per heavy atom. The van der Waals surface area contributed by atoms with Gasteiger partial charge in [-0.15, -0.1) is 0 Å². The lowest BCUT2D eigenvalue weighted by atomic mass is 9.93. The van der Waals surface area contributed by atoms with Gasteiger partial charge in [0.25, 0.3) is 0 Å². The van der Waals surface area contributed by atoms with E-state index in [-0.39, 0.29) is 24.5 Å². The molecule has 2 rings (SSSR count). The SMILES string of the molecule is C[C@H]1[C@H](C)[C@@H](CO)O[C@H]1n1cc(F)c(N)nc1=O. The van der Waals surface area contributed by atoms with Crippen LogP contribution in [0.5, 0.6) is 0 Å². The number of nitrogens with zero attached hydrogens (tertiary/aromatic N) is 2. The second-order valence-corrected chi connectivity index (χ2v) is 4.63. The van der Waals surface area contributed by atoms with Gasteiger partial charge in [-0.3, -0.25) is 4.57 Å². The number of hydrogen-bond donors (Lipinski definition) is 2. The molecule has 0 aliphatic carbocycles. The van der Waals surface area contributed by atoms with Crippen molar-refractivity contribution in [3.8, 4) is 0 Å². The summed E-state index contributed by atoms with van der Waals surface area (Å²) in [5.41, 5.74) is 4.57. The number of halogens is 1. The van der Waals surface area contributed by atoms with Crippen molar-refractivity contribution in [3.63, 3.8) is 0 Å². The number of anilines is 1. The van der Waals surface area contributed by atoms with Crippen LogP contribution in [0.4, 0.5) is 10.2 Å². The Balaban J connectivity index is 2.39. The zero-order chi connectivity index (χ0) is 13.4. The molecule has 0 saturated carbocycles. The van der Waals surface area contributed by atoms with Crippen molar-refractivity contribution in [2.75, 3.05) is 12.3 Å². The van der Waals surface area contributed by atoms with E-state index in [0.717, 1.165) is 10.8 Å². The smallest absolute Gasteiger partial charge is 0.351 e. The first kappa shape index (κ1) is 13.0. The lowest BCUT2D eigenvalue weighted by Gasteiger charge is -2.18.